The van der Waals surface area contributed by atoms with Crippen molar-refractivity contribution < 1.29 is 9.59 Å². The van der Waals surface area contributed by atoms with Crippen LogP contribution in [0, 0.1) is 0 Å². The van der Waals surface area contributed by atoms with Gasteiger partial charge in [0.2, 0.25) is 5.91 Å². The minimum Gasteiger partial charge on any atom is -0.397 e. The molecule has 0 saturated heterocycles. The molecule has 0 atom stereocenters. The smallest absolute Gasteiger partial charge is 0.268 e. The SMILES string of the molecule is CCCn1cc(N)cc1C(=O)NCC(=O)NC(C)C. The molecular formula is C13H22N4O2. The Morgan fingerprint density at radius 3 is 2.68 bits per heavy atom. The van der Waals surface area contributed by atoms with E-state index in [9.17, 15) is 9.59 Å². The average molecular weight is 266 g/mol. The van der Waals surface area contributed by atoms with Gasteiger partial charge in [-0.15, -0.1) is 0 Å². The Morgan fingerprint density at radius 2 is 2.11 bits per heavy atom. The van der Waals surface area contributed by atoms with Gasteiger partial charge in [0.1, 0.15) is 5.69 Å². The lowest BCUT2D eigenvalue weighted by atomic mass is 10.3. The first kappa shape index (κ1) is 15.1. The van der Waals surface area contributed by atoms with Crippen LogP contribution in [-0.4, -0.2) is 29.0 Å². The van der Waals surface area contributed by atoms with Gasteiger partial charge in [-0.3, -0.25) is 9.59 Å². The Bertz CT molecular complexity index is 451. The number of carbonyl (C=O) groups is 2. The highest BCUT2D eigenvalue weighted by Gasteiger charge is 2.13. The first-order valence-corrected chi connectivity index (χ1v) is 6.47. The van der Waals surface area contributed by atoms with Gasteiger partial charge in [-0.05, 0) is 26.3 Å². The van der Waals surface area contributed by atoms with E-state index in [1.807, 2.05) is 20.8 Å². The molecule has 1 aromatic rings. The molecule has 0 aliphatic heterocycles. The minimum absolute atomic E-state index is 0.0335. The molecule has 6 nitrogen and oxygen atoms in total. The van der Waals surface area contributed by atoms with Crippen LogP contribution in [0.25, 0.3) is 0 Å². The second kappa shape index (κ2) is 6.82. The molecule has 1 aromatic heterocycles. The van der Waals surface area contributed by atoms with Crippen molar-refractivity contribution in [2.45, 2.75) is 39.8 Å². The molecule has 1 heterocycles. The fraction of sp³-hybridized carbons (Fsp3) is 0.538. The number of nitrogens with zero attached hydrogens (tertiary/aromatic N) is 1. The number of nitrogen functional groups attached to an aromatic ring is 1. The summed E-state index contributed by atoms with van der Waals surface area (Å²) in [5.74, 6) is -0.492. The van der Waals surface area contributed by atoms with E-state index in [0.717, 1.165) is 13.0 Å². The first-order valence-electron chi connectivity index (χ1n) is 6.47. The number of anilines is 1. The maximum absolute atomic E-state index is 12.0. The van der Waals surface area contributed by atoms with E-state index >= 15 is 0 Å². The number of amides is 2. The molecule has 0 fully saturated rings. The van der Waals surface area contributed by atoms with Crippen molar-refractivity contribution >= 4 is 17.5 Å². The van der Waals surface area contributed by atoms with Crippen LogP contribution in [0.5, 0.6) is 0 Å². The van der Waals surface area contributed by atoms with Crippen LogP contribution in [0.1, 0.15) is 37.7 Å². The number of aryl methyl sites for hydroxylation is 1. The molecular weight excluding hydrogens is 244 g/mol. The summed E-state index contributed by atoms with van der Waals surface area (Å²) < 4.78 is 1.80. The summed E-state index contributed by atoms with van der Waals surface area (Å²) in [4.78, 5) is 23.4. The largest absolute Gasteiger partial charge is 0.397 e. The normalized spacial score (nSPS) is 10.5. The van der Waals surface area contributed by atoms with E-state index < -0.39 is 0 Å². The van der Waals surface area contributed by atoms with Gasteiger partial charge in [0.05, 0.1) is 12.2 Å². The quantitative estimate of drug-likeness (QED) is 0.709. The molecule has 19 heavy (non-hydrogen) atoms. The second-order valence-corrected chi connectivity index (χ2v) is 4.76. The zero-order valence-corrected chi connectivity index (χ0v) is 11.7. The third-order valence-corrected chi connectivity index (χ3v) is 2.47. The number of nitrogens with one attached hydrogen (secondary N) is 2. The maximum Gasteiger partial charge on any atom is 0.268 e. The topological polar surface area (TPSA) is 89.2 Å². The van der Waals surface area contributed by atoms with Crippen LogP contribution in [0.15, 0.2) is 12.3 Å². The van der Waals surface area contributed by atoms with Gasteiger partial charge in [0.25, 0.3) is 5.91 Å². The van der Waals surface area contributed by atoms with Crippen LogP contribution in [0.3, 0.4) is 0 Å². The highest BCUT2D eigenvalue weighted by molar-refractivity contribution is 5.96. The van der Waals surface area contributed by atoms with Gasteiger partial charge in [0.15, 0.2) is 0 Å². The summed E-state index contributed by atoms with van der Waals surface area (Å²) >= 11 is 0. The molecule has 0 saturated carbocycles. The number of carbonyl (C=O) groups excluding carboxylic acids is 2. The molecule has 4 N–H and O–H groups in total. The van der Waals surface area contributed by atoms with Crippen molar-refractivity contribution in [2.24, 2.45) is 0 Å². The Hall–Kier alpha value is -1.98. The summed E-state index contributed by atoms with van der Waals surface area (Å²) in [7, 11) is 0. The molecule has 1 rings (SSSR count). The van der Waals surface area contributed by atoms with Crippen molar-refractivity contribution in [1.29, 1.82) is 0 Å². The fourth-order valence-corrected chi connectivity index (χ4v) is 1.77. The molecule has 0 radical (unpaired) electrons. The van der Waals surface area contributed by atoms with Crippen molar-refractivity contribution in [2.75, 3.05) is 12.3 Å². The van der Waals surface area contributed by atoms with Crippen LogP contribution in [0.2, 0.25) is 0 Å². The molecule has 0 aliphatic rings. The van der Waals surface area contributed by atoms with E-state index in [-0.39, 0.29) is 24.4 Å². The lowest BCUT2D eigenvalue weighted by Gasteiger charge is -2.10. The zero-order valence-electron chi connectivity index (χ0n) is 11.7. The van der Waals surface area contributed by atoms with Crippen LogP contribution >= 0.6 is 0 Å². The van der Waals surface area contributed by atoms with Gasteiger partial charge in [-0.2, -0.15) is 0 Å². The second-order valence-electron chi connectivity index (χ2n) is 4.76. The number of rotatable bonds is 6. The molecule has 6 heteroatoms. The van der Waals surface area contributed by atoms with Gasteiger partial charge < -0.3 is 20.9 Å². The highest BCUT2D eigenvalue weighted by Crippen LogP contribution is 2.11. The van der Waals surface area contributed by atoms with E-state index in [4.69, 9.17) is 5.73 Å². The van der Waals surface area contributed by atoms with Crippen LogP contribution in [0.4, 0.5) is 5.69 Å². The standard InChI is InChI=1S/C13H22N4O2/c1-4-5-17-8-10(14)6-11(17)13(19)15-7-12(18)16-9(2)3/h6,8-9H,4-5,7,14H2,1-3H3,(H,15,19)(H,16,18). The predicted molar refractivity (Wildman–Crippen MR) is 74.7 cm³/mol. The zero-order chi connectivity index (χ0) is 14.4. The lowest BCUT2D eigenvalue weighted by molar-refractivity contribution is -0.120. The van der Waals surface area contributed by atoms with Crippen molar-refractivity contribution in [3.63, 3.8) is 0 Å². The van der Waals surface area contributed by atoms with Gasteiger partial charge >= 0.3 is 0 Å². The Kier molecular flexibility index (Phi) is 5.41. The number of hydrogen-bond donors (Lipinski definition) is 3. The summed E-state index contributed by atoms with van der Waals surface area (Å²) in [6, 6.07) is 1.68. The highest BCUT2D eigenvalue weighted by atomic mass is 16.2. The number of nitrogens with two attached hydrogens (primary N) is 1. The summed E-state index contributed by atoms with van der Waals surface area (Å²) in [6.07, 6.45) is 2.63. The van der Waals surface area contributed by atoms with Crippen molar-refractivity contribution in [1.82, 2.24) is 15.2 Å². The fourth-order valence-electron chi connectivity index (χ4n) is 1.77. The molecule has 0 aromatic carbocycles. The average Bonchev–Trinajstić information content (AvgIpc) is 2.67. The van der Waals surface area contributed by atoms with E-state index in [1.165, 1.54) is 0 Å². The predicted octanol–water partition coefficient (Wildman–Crippen LogP) is 0.735. The van der Waals surface area contributed by atoms with E-state index in [1.54, 1.807) is 16.8 Å². The summed E-state index contributed by atoms with van der Waals surface area (Å²) in [5.41, 5.74) is 6.72. The number of aromatic nitrogens is 1. The number of hydrogen-bond acceptors (Lipinski definition) is 3. The minimum atomic E-state index is -0.288. The van der Waals surface area contributed by atoms with E-state index in [0.29, 0.717) is 11.4 Å². The Morgan fingerprint density at radius 1 is 1.42 bits per heavy atom. The molecule has 0 aliphatic carbocycles. The first-order chi connectivity index (χ1) is 8.93. The van der Waals surface area contributed by atoms with Crippen molar-refractivity contribution in [3.8, 4) is 0 Å². The molecule has 0 spiro atoms. The third-order valence-electron chi connectivity index (χ3n) is 2.47. The third kappa shape index (κ3) is 4.65. The van der Waals surface area contributed by atoms with Gasteiger partial charge in [-0.1, -0.05) is 6.92 Å². The molecule has 106 valence electrons. The lowest BCUT2D eigenvalue weighted by Crippen LogP contribution is -2.40. The van der Waals surface area contributed by atoms with Gasteiger partial charge in [-0.25, -0.2) is 0 Å². The van der Waals surface area contributed by atoms with Gasteiger partial charge in [0, 0.05) is 18.8 Å². The molecule has 2 amide bonds. The van der Waals surface area contributed by atoms with Crippen LogP contribution in [-0.2, 0) is 11.3 Å². The Labute approximate surface area is 113 Å². The molecule has 0 bridgehead atoms. The Balaban J connectivity index is 2.60. The van der Waals surface area contributed by atoms with Crippen LogP contribution < -0.4 is 16.4 Å². The van der Waals surface area contributed by atoms with E-state index in [2.05, 4.69) is 10.6 Å². The molecule has 0 unspecified atom stereocenters. The summed E-state index contributed by atoms with van der Waals surface area (Å²) in [6.45, 7) is 6.44. The monoisotopic (exact) mass is 266 g/mol. The maximum atomic E-state index is 12.0. The van der Waals surface area contributed by atoms with Crippen molar-refractivity contribution in [3.05, 3.63) is 18.0 Å². The summed E-state index contributed by atoms with van der Waals surface area (Å²) in [5, 5.41) is 5.30.